The molecular formula is C18H23FN4OS. The number of hydrogen-bond donors (Lipinski definition) is 3. The fourth-order valence-corrected chi connectivity index (χ4v) is 3.57. The van der Waals surface area contributed by atoms with E-state index in [-0.39, 0.29) is 11.9 Å². The number of nitrogens with zero attached hydrogens (tertiary/aromatic N) is 1. The third kappa shape index (κ3) is 3.99. The smallest absolute Gasteiger partial charge is 0.149 e. The average molecular weight is 362 g/mol. The van der Waals surface area contributed by atoms with E-state index in [1.165, 1.54) is 6.07 Å². The summed E-state index contributed by atoms with van der Waals surface area (Å²) >= 11 is 0. The van der Waals surface area contributed by atoms with Crippen LogP contribution in [0.2, 0.25) is 0 Å². The maximum Gasteiger partial charge on any atom is 0.149 e. The zero-order valence-corrected chi connectivity index (χ0v) is 15.4. The minimum atomic E-state index is -1.34. The highest BCUT2D eigenvalue weighted by atomic mass is 32.2. The maximum absolute atomic E-state index is 14.4. The zero-order valence-electron chi connectivity index (χ0n) is 14.5. The van der Waals surface area contributed by atoms with E-state index in [2.05, 4.69) is 20.3 Å². The Labute approximate surface area is 150 Å². The molecule has 1 aromatic heterocycles. The number of nitrogens with one attached hydrogen (secondary N) is 3. The Hall–Kier alpha value is -1.99. The van der Waals surface area contributed by atoms with Gasteiger partial charge >= 0.3 is 0 Å². The molecule has 1 aliphatic heterocycles. The molecule has 0 radical (unpaired) electrons. The lowest BCUT2D eigenvalue weighted by molar-refractivity contribution is 0.505. The molecule has 2 aromatic rings. The maximum atomic E-state index is 14.4. The quantitative estimate of drug-likeness (QED) is 0.781. The average Bonchev–Trinajstić information content (AvgIpc) is 2.59. The lowest BCUT2D eigenvalue weighted by Gasteiger charge is -2.35. The Morgan fingerprint density at radius 3 is 2.76 bits per heavy atom. The summed E-state index contributed by atoms with van der Waals surface area (Å²) < 4.78 is 29.8. The predicted octanol–water partition coefficient (Wildman–Crippen LogP) is 3.22. The second kappa shape index (κ2) is 7.09. The molecule has 25 heavy (non-hydrogen) atoms. The Bertz CT molecular complexity index is 778. The monoisotopic (exact) mass is 362 g/mol. The van der Waals surface area contributed by atoms with E-state index in [4.69, 9.17) is 0 Å². The summed E-state index contributed by atoms with van der Waals surface area (Å²) in [6.07, 6.45) is 1.70. The van der Waals surface area contributed by atoms with Crippen LogP contribution in [0.5, 0.6) is 0 Å². The van der Waals surface area contributed by atoms with Gasteiger partial charge in [0.15, 0.2) is 0 Å². The number of rotatable bonds is 4. The summed E-state index contributed by atoms with van der Waals surface area (Å²) in [5.41, 5.74) is 1.39. The van der Waals surface area contributed by atoms with E-state index in [9.17, 15) is 8.60 Å². The van der Waals surface area contributed by atoms with Crippen molar-refractivity contribution in [3.05, 3.63) is 54.0 Å². The third-order valence-corrected chi connectivity index (χ3v) is 5.66. The first-order chi connectivity index (χ1) is 11.9. The largest absolute Gasteiger partial charge is 0.380 e. The molecule has 0 unspecified atom stereocenters. The topological polar surface area (TPSA) is 66.0 Å². The summed E-state index contributed by atoms with van der Waals surface area (Å²) in [7, 11) is -1.34. The van der Waals surface area contributed by atoms with Gasteiger partial charge in [0.2, 0.25) is 0 Å². The van der Waals surface area contributed by atoms with Crippen LogP contribution in [-0.4, -0.2) is 26.5 Å². The molecule has 3 rings (SSSR count). The molecule has 134 valence electrons. The molecular weight excluding hydrogens is 339 g/mol. The van der Waals surface area contributed by atoms with Crippen LogP contribution in [0.15, 0.2) is 42.6 Å². The number of benzene rings is 1. The number of pyridine rings is 1. The molecule has 1 aliphatic rings. The molecule has 7 heteroatoms. The van der Waals surface area contributed by atoms with E-state index < -0.39 is 21.8 Å². The predicted molar refractivity (Wildman–Crippen MR) is 100 cm³/mol. The lowest BCUT2D eigenvalue weighted by atomic mass is 9.98. The van der Waals surface area contributed by atoms with E-state index in [0.29, 0.717) is 17.9 Å². The molecule has 2 heterocycles. The minimum Gasteiger partial charge on any atom is -0.380 e. The number of hydrogen-bond acceptors (Lipinski definition) is 4. The first-order valence-electron chi connectivity index (χ1n) is 8.24. The van der Waals surface area contributed by atoms with E-state index >= 15 is 0 Å². The van der Waals surface area contributed by atoms with Crippen LogP contribution in [0.4, 0.5) is 15.9 Å². The molecule has 5 nitrogen and oxygen atoms in total. The van der Waals surface area contributed by atoms with Gasteiger partial charge in [0, 0.05) is 18.3 Å². The first kappa shape index (κ1) is 17.8. The van der Waals surface area contributed by atoms with Crippen molar-refractivity contribution in [3.8, 4) is 0 Å². The SMILES string of the molecule is CC(C)(C)[S@@](=O)N[C@H](c1ccccc1F)[C@@H]1CNc2cccnc2N1. The number of fused-ring (bicyclic) bond motifs is 1. The van der Waals surface area contributed by atoms with Gasteiger partial charge in [-0.25, -0.2) is 18.3 Å². The van der Waals surface area contributed by atoms with Gasteiger partial charge in [0.25, 0.3) is 0 Å². The highest BCUT2D eigenvalue weighted by Gasteiger charge is 2.32. The van der Waals surface area contributed by atoms with Crippen LogP contribution >= 0.6 is 0 Å². The Morgan fingerprint density at radius 1 is 1.28 bits per heavy atom. The minimum absolute atomic E-state index is 0.203. The van der Waals surface area contributed by atoms with Crippen molar-refractivity contribution in [1.82, 2.24) is 9.71 Å². The van der Waals surface area contributed by atoms with Gasteiger partial charge in [-0.15, -0.1) is 0 Å². The van der Waals surface area contributed by atoms with Gasteiger partial charge in [0.05, 0.1) is 33.5 Å². The van der Waals surface area contributed by atoms with Gasteiger partial charge in [-0.2, -0.15) is 0 Å². The fourth-order valence-electron chi connectivity index (χ4n) is 2.69. The third-order valence-electron chi connectivity index (χ3n) is 4.08. The summed E-state index contributed by atoms with van der Waals surface area (Å²) in [6, 6.07) is 9.71. The summed E-state index contributed by atoms with van der Waals surface area (Å²) in [4.78, 5) is 4.32. The molecule has 3 N–H and O–H groups in total. The molecule has 0 spiro atoms. The molecule has 0 amide bonds. The highest BCUT2D eigenvalue weighted by Crippen LogP contribution is 2.30. The Balaban J connectivity index is 1.92. The number of aromatic nitrogens is 1. The zero-order chi connectivity index (χ0) is 18.0. The van der Waals surface area contributed by atoms with Crippen molar-refractivity contribution in [2.24, 2.45) is 0 Å². The van der Waals surface area contributed by atoms with Crippen LogP contribution in [0.25, 0.3) is 0 Å². The normalized spacial score (nSPS) is 19.3. The second-order valence-corrected chi connectivity index (χ2v) is 9.03. The van der Waals surface area contributed by atoms with Gasteiger partial charge in [0.1, 0.15) is 11.6 Å². The number of halogens is 1. The van der Waals surface area contributed by atoms with E-state index in [1.807, 2.05) is 32.9 Å². The van der Waals surface area contributed by atoms with Gasteiger partial charge in [-0.05, 0) is 39.0 Å². The van der Waals surface area contributed by atoms with Gasteiger partial charge < -0.3 is 10.6 Å². The van der Waals surface area contributed by atoms with E-state index in [1.54, 1.807) is 24.4 Å². The lowest BCUT2D eigenvalue weighted by Crippen LogP contribution is -2.47. The molecule has 1 aromatic carbocycles. The standard InChI is InChI=1S/C18H23FN4OS/c1-18(2,3)25(24)23-16(12-7-4-5-8-13(12)19)15-11-21-14-9-6-10-20-17(14)22-15/h4-10,15-16,21,23H,11H2,1-3H3,(H,20,22)/t15-,16+,25+/m0/s1. The molecule has 0 saturated carbocycles. The molecule has 0 aliphatic carbocycles. The fraction of sp³-hybridized carbons (Fsp3) is 0.389. The molecule has 3 atom stereocenters. The van der Waals surface area contributed by atoms with Gasteiger partial charge in [-0.1, -0.05) is 18.2 Å². The van der Waals surface area contributed by atoms with Crippen LogP contribution in [0, 0.1) is 5.82 Å². The second-order valence-electron chi connectivity index (χ2n) is 7.03. The van der Waals surface area contributed by atoms with Crippen LogP contribution < -0.4 is 15.4 Å². The van der Waals surface area contributed by atoms with Crippen molar-refractivity contribution in [3.63, 3.8) is 0 Å². The van der Waals surface area contributed by atoms with Crippen molar-refractivity contribution >= 4 is 22.5 Å². The Kier molecular flexibility index (Phi) is 5.06. The van der Waals surface area contributed by atoms with Crippen LogP contribution in [0.3, 0.4) is 0 Å². The van der Waals surface area contributed by atoms with Crippen molar-refractivity contribution in [2.45, 2.75) is 37.6 Å². The first-order valence-corrected chi connectivity index (χ1v) is 9.39. The van der Waals surface area contributed by atoms with Crippen LogP contribution in [0.1, 0.15) is 32.4 Å². The van der Waals surface area contributed by atoms with Crippen molar-refractivity contribution in [1.29, 1.82) is 0 Å². The summed E-state index contributed by atoms with van der Waals surface area (Å²) in [5.74, 6) is 0.392. The molecule has 0 fully saturated rings. The van der Waals surface area contributed by atoms with Crippen LogP contribution in [-0.2, 0) is 11.0 Å². The summed E-state index contributed by atoms with van der Waals surface area (Å²) in [6.45, 7) is 6.22. The summed E-state index contributed by atoms with van der Waals surface area (Å²) in [5, 5.41) is 6.65. The van der Waals surface area contributed by atoms with E-state index in [0.717, 1.165) is 5.69 Å². The molecule has 0 saturated heterocycles. The van der Waals surface area contributed by atoms with Crippen molar-refractivity contribution < 1.29 is 8.60 Å². The van der Waals surface area contributed by atoms with Gasteiger partial charge in [-0.3, -0.25) is 0 Å². The van der Waals surface area contributed by atoms with Crippen molar-refractivity contribution in [2.75, 3.05) is 17.2 Å². The molecule has 0 bridgehead atoms. The highest BCUT2D eigenvalue weighted by molar-refractivity contribution is 7.84. The number of anilines is 2. The Morgan fingerprint density at radius 2 is 2.04 bits per heavy atom.